The zero-order valence-electron chi connectivity index (χ0n) is 12.0. The molecular formula is C17H22N2O. The van der Waals surface area contributed by atoms with E-state index in [9.17, 15) is 4.79 Å². The first-order chi connectivity index (χ1) is 9.74. The van der Waals surface area contributed by atoms with Crippen molar-refractivity contribution in [1.29, 1.82) is 0 Å². The van der Waals surface area contributed by atoms with Crippen LogP contribution in [0.1, 0.15) is 50.5 Å². The van der Waals surface area contributed by atoms with Crippen LogP contribution in [0, 0.1) is 11.8 Å². The number of carbonyl (C=O) groups is 1. The second-order valence-corrected chi connectivity index (χ2v) is 6.21. The molecule has 1 aromatic carbocycles. The summed E-state index contributed by atoms with van der Waals surface area (Å²) in [5, 5.41) is 4.34. The van der Waals surface area contributed by atoms with Crippen molar-refractivity contribution in [2.75, 3.05) is 0 Å². The van der Waals surface area contributed by atoms with Crippen LogP contribution in [-0.2, 0) is 4.79 Å². The van der Waals surface area contributed by atoms with Gasteiger partial charge in [0, 0.05) is 11.6 Å². The van der Waals surface area contributed by atoms with Gasteiger partial charge in [-0.15, -0.1) is 0 Å². The van der Waals surface area contributed by atoms with Crippen LogP contribution in [0.25, 0.3) is 0 Å². The number of amides is 1. The molecule has 0 spiro atoms. The van der Waals surface area contributed by atoms with E-state index in [0.717, 1.165) is 25.0 Å². The first-order valence-corrected chi connectivity index (χ1v) is 7.64. The Kier molecular flexibility index (Phi) is 3.86. The SMILES string of the molecule is C[C@H]1CCC/C(=N\NC(=O)[C@H]2C[C@@H]2c2ccccc2)C1. The Labute approximate surface area is 120 Å². The second kappa shape index (κ2) is 5.78. The van der Waals surface area contributed by atoms with E-state index in [2.05, 4.69) is 29.6 Å². The van der Waals surface area contributed by atoms with E-state index in [1.54, 1.807) is 0 Å². The third-order valence-corrected chi connectivity index (χ3v) is 4.43. The molecule has 106 valence electrons. The monoisotopic (exact) mass is 270 g/mol. The van der Waals surface area contributed by atoms with Gasteiger partial charge in [-0.25, -0.2) is 5.43 Å². The van der Waals surface area contributed by atoms with Crippen molar-refractivity contribution in [3.8, 4) is 0 Å². The molecule has 2 fully saturated rings. The molecule has 3 heteroatoms. The van der Waals surface area contributed by atoms with Gasteiger partial charge < -0.3 is 0 Å². The molecule has 0 unspecified atom stereocenters. The van der Waals surface area contributed by atoms with Crippen LogP contribution in [0.2, 0.25) is 0 Å². The van der Waals surface area contributed by atoms with Gasteiger partial charge in [-0.1, -0.05) is 37.3 Å². The minimum atomic E-state index is 0.0876. The molecule has 2 saturated carbocycles. The van der Waals surface area contributed by atoms with Crippen molar-refractivity contribution in [2.45, 2.75) is 44.9 Å². The van der Waals surface area contributed by atoms with Gasteiger partial charge in [-0.3, -0.25) is 4.79 Å². The molecule has 1 amide bonds. The maximum Gasteiger partial charge on any atom is 0.243 e. The fraction of sp³-hybridized carbons (Fsp3) is 0.529. The van der Waals surface area contributed by atoms with Crippen molar-refractivity contribution in [3.05, 3.63) is 35.9 Å². The standard InChI is InChI=1S/C17H22N2O/c1-12-6-5-9-14(10-12)18-19-17(20)16-11-15(16)13-7-3-2-4-8-13/h2-4,7-8,12,15-16H,5-6,9-11H2,1H3,(H,19,20)/b18-14+/t12-,15+,16-/m0/s1. The summed E-state index contributed by atoms with van der Waals surface area (Å²) in [4.78, 5) is 12.1. The topological polar surface area (TPSA) is 41.5 Å². The lowest BCUT2D eigenvalue weighted by atomic mass is 9.89. The number of rotatable bonds is 3. The van der Waals surface area contributed by atoms with Crippen LogP contribution in [-0.4, -0.2) is 11.6 Å². The molecule has 1 aromatic rings. The zero-order chi connectivity index (χ0) is 13.9. The van der Waals surface area contributed by atoms with Crippen LogP contribution in [0.15, 0.2) is 35.4 Å². The van der Waals surface area contributed by atoms with E-state index in [1.807, 2.05) is 18.2 Å². The summed E-state index contributed by atoms with van der Waals surface area (Å²) in [5.74, 6) is 1.30. The Balaban J connectivity index is 1.53. The van der Waals surface area contributed by atoms with Crippen molar-refractivity contribution in [2.24, 2.45) is 16.9 Å². The van der Waals surface area contributed by atoms with Gasteiger partial charge >= 0.3 is 0 Å². The van der Waals surface area contributed by atoms with Crippen LogP contribution < -0.4 is 5.43 Å². The fourth-order valence-corrected chi connectivity index (χ4v) is 3.13. The predicted octanol–water partition coefficient (Wildman–Crippen LogP) is 3.47. The van der Waals surface area contributed by atoms with Gasteiger partial charge in [0.15, 0.2) is 0 Å². The lowest BCUT2D eigenvalue weighted by Gasteiger charge is -2.18. The quantitative estimate of drug-likeness (QED) is 0.839. The number of hydrazone groups is 1. The Morgan fingerprint density at radius 3 is 2.85 bits per heavy atom. The first-order valence-electron chi connectivity index (χ1n) is 7.64. The third kappa shape index (κ3) is 3.09. The van der Waals surface area contributed by atoms with Crippen LogP contribution >= 0.6 is 0 Å². The lowest BCUT2D eigenvalue weighted by Crippen LogP contribution is -2.23. The summed E-state index contributed by atoms with van der Waals surface area (Å²) in [6, 6.07) is 10.3. The van der Waals surface area contributed by atoms with Gasteiger partial charge in [-0.2, -0.15) is 5.10 Å². The van der Waals surface area contributed by atoms with E-state index in [-0.39, 0.29) is 11.8 Å². The largest absolute Gasteiger partial charge is 0.273 e. The molecule has 20 heavy (non-hydrogen) atoms. The summed E-state index contributed by atoms with van der Waals surface area (Å²) < 4.78 is 0. The molecule has 0 aliphatic heterocycles. The summed E-state index contributed by atoms with van der Waals surface area (Å²) in [5.41, 5.74) is 5.21. The number of nitrogens with zero attached hydrogens (tertiary/aromatic N) is 1. The summed E-state index contributed by atoms with van der Waals surface area (Å²) >= 11 is 0. The molecule has 2 aliphatic carbocycles. The van der Waals surface area contributed by atoms with Crippen LogP contribution in [0.4, 0.5) is 0 Å². The number of nitrogens with one attached hydrogen (secondary N) is 1. The Morgan fingerprint density at radius 1 is 1.30 bits per heavy atom. The molecule has 0 saturated heterocycles. The number of hydrogen-bond acceptors (Lipinski definition) is 2. The van der Waals surface area contributed by atoms with E-state index >= 15 is 0 Å². The van der Waals surface area contributed by atoms with Gasteiger partial charge in [0.1, 0.15) is 0 Å². The first kappa shape index (κ1) is 13.3. The average Bonchev–Trinajstić information content (AvgIpc) is 3.26. The molecule has 0 heterocycles. The van der Waals surface area contributed by atoms with E-state index in [1.165, 1.54) is 18.4 Å². The summed E-state index contributed by atoms with van der Waals surface area (Å²) in [6.07, 6.45) is 5.51. The average molecular weight is 270 g/mol. The Bertz CT molecular complexity index is 509. The van der Waals surface area contributed by atoms with Crippen molar-refractivity contribution < 1.29 is 4.79 Å². The summed E-state index contributed by atoms with van der Waals surface area (Å²) in [6.45, 7) is 2.25. The van der Waals surface area contributed by atoms with E-state index in [0.29, 0.717) is 11.8 Å². The highest BCUT2D eigenvalue weighted by atomic mass is 16.2. The smallest absolute Gasteiger partial charge is 0.243 e. The fourth-order valence-electron chi connectivity index (χ4n) is 3.13. The Hall–Kier alpha value is -1.64. The second-order valence-electron chi connectivity index (χ2n) is 6.21. The molecule has 0 bridgehead atoms. The molecule has 3 nitrogen and oxygen atoms in total. The normalized spacial score (nSPS) is 31.1. The van der Waals surface area contributed by atoms with Crippen molar-refractivity contribution in [1.82, 2.24) is 5.43 Å². The van der Waals surface area contributed by atoms with Gasteiger partial charge in [0.25, 0.3) is 0 Å². The maximum atomic E-state index is 12.1. The predicted molar refractivity (Wildman–Crippen MR) is 80.5 cm³/mol. The highest BCUT2D eigenvalue weighted by Crippen LogP contribution is 2.47. The van der Waals surface area contributed by atoms with E-state index in [4.69, 9.17) is 0 Å². The zero-order valence-corrected chi connectivity index (χ0v) is 12.0. The maximum absolute atomic E-state index is 12.1. The molecule has 1 N–H and O–H groups in total. The van der Waals surface area contributed by atoms with Crippen molar-refractivity contribution >= 4 is 11.6 Å². The van der Waals surface area contributed by atoms with E-state index < -0.39 is 0 Å². The van der Waals surface area contributed by atoms with Crippen LogP contribution in [0.3, 0.4) is 0 Å². The molecule has 0 aromatic heterocycles. The number of carbonyl (C=O) groups excluding carboxylic acids is 1. The summed E-state index contributed by atoms with van der Waals surface area (Å²) in [7, 11) is 0. The molecule has 3 atom stereocenters. The third-order valence-electron chi connectivity index (χ3n) is 4.43. The lowest BCUT2D eigenvalue weighted by molar-refractivity contribution is -0.122. The van der Waals surface area contributed by atoms with Gasteiger partial charge in [0.2, 0.25) is 5.91 Å². The Morgan fingerprint density at radius 2 is 2.10 bits per heavy atom. The van der Waals surface area contributed by atoms with Crippen molar-refractivity contribution in [3.63, 3.8) is 0 Å². The van der Waals surface area contributed by atoms with Gasteiger partial charge in [0.05, 0.1) is 0 Å². The minimum Gasteiger partial charge on any atom is -0.273 e. The number of benzene rings is 1. The minimum absolute atomic E-state index is 0.0876. The highest BCUT2D eigenvalue weighted by molar-refractivity contribution is 5.88. The number of hydrogen-bond donors (Lipinski definition) is 1. The molecule has 0 radical (unpaired) electrons. The molecular weight excluding hydrogens is 248 g/mol. The van der Waals surface area contributed by atoms with Gasteiger partial charge in [-0.05, 0) is 49.5 Å². The highest BCUT2D eigenvalue weighted by Gasteiger charge is 2.43. The molecule has 3 rings (SSSR count). The van der Waals surface area contributed by atoms with Crippen LogP contribution in [0.5, 0.6) is 0 Å². The molecule has 2 aliphatic rings.